The quantitative estimate of drug-likeness (QED) is 0.198. The predicted molar refractivity (Wildman–Crippen MR) is 149 cm³/mol. The third-order valence-electron chi connectivity index (χ3n) is 6.63. The van der Waals surface area contributed by atoms with E-state index in [2.05, 4.69) is 52.8 Å². The molecule has 1 aliphatic heterocycles. The molecule has 1 aliphatic rings. The third kappa shape index (κ3) is 6.30. The van der Waals surface area contributed by atoms with Crippen LogP contribution >= 0.6 is 23.2 Å². The molecule has 0 saturated carbocycles. The fourth-order valence-electron chi connectivity index (χ4n) is 4.64. The molecule has 192 valence electrons. The lowest BCUT2D eigenvalue weighted by atomic mass is 10.1. The van der Waals surface area contributed by atoms with Crippen molar-refractivity contribution in [2.45, 2.75) is 45.8 Å². The van der Waals surface area contributed by atoms with Gasteiger partial charge in [-0.05, 0) is 48.2 Å². The van der Waals surface area contributed by atoms with Gasteiger partial charge in [-0.15, -0.1) is 0 Å². The molecule has 1 aromatic heterocycles. The molecule has 0 N–H and O–H groups in total. The Morgan fingerprint density at radius 2 is 1.70 bits per heavy atom. The molecule has 3 aromatic carbocycles. The van der Waals surface area contributed by atoms with Crippen LogP contribution < -0.4 is 9.47 Å². The maximum absolute atomic E-state index is 6.29. The second kappa shape index (κ2) is 12.0. The number of nitrogens with zero attached hydrogens (tertiary/aromatic N) is 3. The standard InChI is InChI=1S/C30H31Cl2N3O2/c1-2-3-14-35-25(18-33-30(35)24-7-5-4-6-8-24)20-34(15-13-22-9-11-26(31)27(32)16-22)19-23-10-12-28-29(17-23)37-21-36-28/h4-12,16-18H,2-3,13-15,19-21H2,1H3. The highest BCUT2D eigenvalue weighted by molar-refractivity contribution is 6.42. The molecule has 0 saturated heterocycles. The average molecular weight is 537 g/mol. The Kier molecular flexibility index (Phi) is 8.34. The minimum atomic E-state index is 0.276. The highest BCUT2D eigenvalue weighted by Crippen LogP contribution is 2.33. The molecular weight excluding hydrogens is 505 g/mol. The van der Waals surface area contributed by atoms with Gasteiger partial charge < -0.3 is 14.0 Å². The monoisotopic (exact) mass is 535 g/mol. The molecule has 5 nitrogen and oxygen atoms in total. The van der Waals surface area contributed by atoms with Crippen LogP contribution in [-0.4, -0.2) is 27.8 Å². The first-order chi connectivity index (χ1) is 18.1. The van der Waals surface area contributed by atoms with Crippen molar-refractivity contribution in [1.29, 1.82) is 0 Å². The van der Waals surface area contributed by atoms with E-state index in [1.165, 1.54) is 11.3 Å². The van der Waals surface area contributed by atoms with E-state index in [9.17, 15) is 0 Å². The topological polar surface area (TPSA) is 39.5 Å². The number of hydrogen-bond acceptors (Lipinski definition) is 4. The van der Waals surface area contributed by atoms with E-state index in [1.54, 1.807) is 0 Å². The number of halogens is 2. The zero-order valence-electron chi connectivity index (χ0n) is 21.0. The molecule has 7 heteroatoms. The first kappa shape index (κ1) is 25.7. The van der Waals surface area contributed by atoms with Gasteiger partial charge in [0.2, 0.25) is 6.79 Å². The van der Waals surface area contributed by atoms with Crippen molar-refractivity contribution in [2.75, 3.05) is 13.3 Å². The molecule has 0 spiro atoms. The maximum Gasteiger partial charge on any atom is 0.231 e. The summed E-state index contributed by atoms with van der Waals surface area (Å²) in [5.41, 5.74) is 4.70. The van der Waals surface area contributed by atoms with Gasteiger partial charge in [0.15, 0.2) is 11.5 Å². The maximum atomic E-state index is 6.29. The average Bonchev–Trinajstić information content (AvgIpc) is 3.55. The van der Waals surface area contributed by atoms with Crippen LogP contribution in [-0.2, 0) is 26.1 Å². The van der Waals surface area contributed by atoms with Crippen LogP contribution in [0.5, 0.6) is 11.5 Å². The highest BCUT2D eigenvalue weighted by Gasteiger charge is 2.18. The summed E-state index contributed by atoms with van der Waals surface area (Å²) in [6, 6.07) is 22.5. The molecular formula is C30H31Cl2N3O2. The fourth-order valence-corrected chi connectivity index (χ4v) is 4.96. The molecule has 5 rings (SSSR count). The van der Waals surface area contributed by atoms with Crippen LogP contribution in [0.25, 0.3) is 11.4 Å². The van der Waals surface area contributed by atoms with Crippen LogP contribution in [0, 0.1) is 0 Å². The molecule has 0 radical (unpaired) electrons. The second-order valence-corrected chi connectivity index (χ2v) is 10.2. The van der Waals surface area contributed by atoms with Crippen molar-refractivity contribution >= 4 is 23.2 Å². The lowest BCUT2D eigenvalue weighted by Gasteiger charge is -2.24. The van der Waals surface area contributed by atoms with Crippen molar-refractivity contribution < 1.29 is 9.47 Å². The van der Waals surface area contributed by atoms with E-state index in [4.69, 9.17) is 37.7 Å². The SMILES string of the molecule is CCCCn1c(CN(CCc2ccc(Cl)c(Cl)c2)Cc2ccc3c(c2)OCO3)cnc1-c1ccccc1. The first-order valence-electron chi connectivity index (χ1n) is 12.8. The van der Waals surface area contributed by atoms with E-state index in [-0.39, 0.29) is 6.79 Å². The second-order valence-electron chi connectivity index (χ2n) is 9.34. The number of rotatable bonds is 11. The summed E-state index contributed by atoms with van der Waals surface area (Å²) >= 11 is 12.4. The minimum absolute atomic E-state index is 0.276. The predicted octanol–water partition coefficient (Wildman–Crippen LogP) is 7.63. The smallest absolute Gasteiger partial charge is 0.231 e. The van der Waals surface area contributed by atoms with E-state index >= 15 is 0 Å². The lowest BCUT2D eigenvalue weighted by Crippen LogP contribution is -2.27. The summed E-state index contributed by atoms with van der Waals surface area (Å²) in [6.45, 7) is 5.85. The van der Waals surface area contributed by atoms with Crippen LogP contribution in [0.1, 0.15) is 36.6 Å². The van der Waals surface area contributed by atoms with Gasteiger partial charge in [-0.2, -0.15) is 0 Å². The van der Waals surface area contributed by atoms with Gasteiger partial charge in [-0.3, -0.25) is 4.90 Å². The van der Waals surface area contributed by atoms with Crippen LogP contribution in [0.3, 0.4) is 0 Å². The summed E-state index contributed by atoms with van der Waals surface area (Å²) in [5.74, 6) is 2.63. The van der Waals surface area contributed by atoms with Gasteiger partial charge in [0.25, 0.3) is 0 Å². The molecule has 37 heavy (non-hydrogen) atoms. The van der Waals surface area contributed by atoms with Gasteiger partial charge in [0.05, 0.1) is 21.9 Å². The number of fused-ring (bicyclic) bond motifs is 1. The van der Waals surface area contributed by atoms with Crippen LogP contribution in [0.4, 0.5) is 0 Å². The number of aromatic nitrogens is 2. The number of hydrogen-bond donors (Lipinski definition) is 0. The first-order valence-corrected chi connectivity index (χ1v) is 13.5. The Labute approximate surface area is 228 Å². The Hall–Kier alpha value is -2.99. The molecule has 0 aliphatic carbocycles. The van der Waals surface area contributed by atoms with Crippen molar-refractivity contribution in [3.05, 3.63) is 99.8 Å². The zero-order valence-corrected chi connectivity index (χ0v) is 22.5. The number of ether oxygens (including phenoxy) is 2. The highest BCUT2D eigenvalue weighted by atomic mass is 35.5. The van der Waals surface area contributed by atoms with Gasteiger partial charge >= 0.3 is 0 Å². The van der Waals surface area contributed by atoms with E-state index in [0.29, 0.717) is 10.0 Å². The minimum Gasteiger partial charge on any atom is -0.454 e. The van der Waals surface area contributed by atoms with Crippen molar-refractivity contribution in [3.8, 4) is 22.9 Å². The van der Waals surface area contributed by atoms with Crippen molar-refractivity contribution in [1.82, 2.24) is 14.5 Å². The molecule has 0 atom stereocenters. The number of benzene rings is 3. The zero-order chi connectivity index (χ0) is 25.6. The van der Waals surface area contributed by atoms with Crippen molar-refractivity contribution in [2.24, 2.45) is 0 Å². The van der Waals surface area contributed by atoms with Gasteiger partial charge in [-0.1, -0.05) is 79.0 Å². The van der Waals surface area contributed by atoms with E-state index < -0.39 is 0 Å². The summed E-state index contributed by atoms with van der Waals surface area (Å²) in [6.07, 6.45) is 5.12. The fraction of sp³-hybridized carbons (Fsp3) is 0.300. The summed E-state index contributed by atoms with van der Waals surface area (Å²) in [5, 5.41) is 1.17. The molecule has 0 unspecified atom stereocenters. The molecule has 0 amide bonds. The van der Waals surface area contributed by atoms with Gasteiger partial charge in [-0.25, -0.2) is 4.98 Å². The van der Waals surface area contributed by atoms with Gasteiger partial charge in [0.1, 0.15) is 5.82 Å². The van der Waals surface area contributed by atoms with E-state index in [1.807, 2.05) is 36.5 Å². The lowest BCUT2D eigenvalue weighted by molar-refractivity contribution is 0.174. The Morgan fingerprint density at radius 3 is 2.51 bits per heavy atom. The van der Waals surface area contributed by atoms with Crippen molar-refractivity contribution in [3.63, 3.8) is 0 Å². The summed E-state index contributed by atoms with van der Waals surface area (Å²) in [7, 11) is 0. The van der Waals surface area contributed by atoms with E-state index in [0.717, 1.165) is 73.9 Å². The normalized spacial score (nSPS) is 12.4. The molecule has 0 bridgehead atoms. The molecule has 4 aromatic rings. The molecule has 0 fully saturated rings. The Balaban J connectivity index is 1.41. The summed E-state index contributed by atoms with van der Waals surface area (Å²) in [4.78, 5) is 7.31. The van der Waals surface area contributed by atoms with Crippen LogP contribution in [0.15, 0.2) is 72.9 Å². The number of imidazole rings is 1. The summed E-state index contributed by atoms with van der Waals surface area (Å²) < 4.78 is 13.5. The Morgan fingerprint density at radius 1 is 0.892 bits per heavy atom. The van der Waals surface area contributed by atoms with Crippen LogP contribution in [0.2, 0.25) is 10.0 Å². The van der Waals surface area contributed by atoms with Gasteiger partial charge in [0, 0.05) is 31.7 Å². The molecule has 2 heterocycles. The number of unbranched alkanes of at least 4 members (excludes halogenated alkanes) is 1. The third-order valence-corrected chi connectivity index (χ3v) is 7.37. The largest absolute Gasteiger partial charge is 0.454 e. The Bertz CT molecular complexity index is 1340.